The number of thiazole rings is 1. The van der Waals surface area contributed by atoms with Crippen molar-refractivity contribution in [2.45, 2.75) is 38.6 Å². The summed E-state index contributed by atoms with van der Waals surface area (Å²) >= 11 is 8.75. The zero-order valence-corrected chi connectivity index (χ0v) is 20.8. The molecule has 0 amide bonds. The number of hydrogen-bond donors (Lipinski definition) is 1. The van der Waals surface area contributed by atoms with Crippen LogP contribution in [0.3, 0.4) is 0 Å². The smallest absolute Gasteiger partial charge is 0.263 e. The third-order valence-corrected chi connectivity index (χ3v) is 8.79. The van der Waals surface area contributed by atoms with Gasteiger partial charge in [-0.05, 0) is 48.9 Å². The van der Waals surface area contributed by atoms with Gasteiger partial charge in [-0.25, -0.2) is 18.7 Å². The van der Waals surface area contributed by atoms with Crippen LogP contribution in [0.2, 0.25) is 5.02 Å². The maximum Gasteiger partial charge on any atom is 0.263 e. The Morgan fingerprint density at radius 2 is 1.97 bits per heavy atom. The van der Waals surface area contributed by atoms with E-state index in [1.54, 1.807) is 18.3 Å². The number of nitrogens with zero attached hydrogens (tertiary/aromatic N) is 3. The maximum atomic E-state index is 14.5. The Bertz CT molecular complexity index is 1710. The average molecular weight is 530 g/mol. The highest BCUT2D eigenvalue weighted by Gasteiger charge is 2.30. The summed E-state index contributed by atoms with van der Waals surface area (Å²) in [7, 11) is 0. The minimum absolute atomic E-state index is 0.0986. The third-order valence-electron chi connectivity index (χ3n) is 6.25. The third kappa shape index (κ3) is 3.73. The van der Waals surface area contributed by atoms with Crippen LogP contribution >= 0.6 is 34.3 Å². The van der Waals surface area contributed by atoms with Gasteiger partial charge in [0.1, 0.15) is 10.7 Å². The molecule has 1 aliphatic rings. The minimum Gasteiger partial charge on any atom is -0.505 e. The van der Waals surface area contributed by atoms with Gasteiger partial charge in [-0.15, -0.1) is 22.7 Å². The van der Waals surface area contributed by atoms with E-state index in [0.717, 1.165) is 46.6 Å². The van der Waals surface area contributed by atoms with Crippen LogP contribution in [-0.4, -0.2) is 19.6 Å². The first-order valence-electron chi connectivity index (χ1n) is 11.1. The Kier molecular flexibility index (Phi) is 5.39. The molecule has 6 rings (SSSR count). The summed E-state index contributed by atoms with van der Waals surface area (Å²) in [4.78, 5) is 24.4. The van der Waals surface area contributed by atoms with Crippen LogP contribution in [0, 0.1) is 11.6 Å². The molecule has 1 aliphatic carbocycles. The van der Waals surface area contributed by atoms with Crippen LogP contribution in [0.1, 0.15) is 41.1 Å². The van der Waals surface area contributed by atoms with Gasteiger partial charge in [0.15, 0.2) is 17.4 Å². The number of rotatable bonds is 5. The molecule has 0 bridgehead atoms. The van der Waals surface area contributed by atoms with Gasteiger partial charge >= 0.3 is 0 Å². The number of aryl methyl sites for hydroxylation is 1. The normalized spacial score (nSPS) is 13.8. The van der Waals surface area contributed by atoms with Gasteiger partial charge in [0, 0.05) is 22.0 Å². The van der Waals surface area contributed by atoms with Crippen molar-refractivity contribution >= 4 is 54.6 Å². The summed E-state index contributed by atoms with van der Waals surface area (Å²) in [5, 5.41) is 12.5. The number of fused-ring (bicyclic) bond motifs is 3. The first-order valence-corrected chi connectivity index (χ1v) is 13.1. The Labute approximate surface area is 211 Å². The van der Waals surface area contributed by atoms with Crippen molar-refractivity contribution in [2.24, 2.45) is 0 Å². The highest BCUT2D eigenvalue weighted by atomic mass is 35.5. The zero-order valence-electron chi connectivity index (χ0n) is 18.4. The van der Waals surface area contributed by atoms with Gasteiger partial charge in [-0.3, -0.25) is 9.36 Å². The standard InChI is InChI=1S/C25H18ClF2N3O2S2/c1-2-19-29-9-12(34-19)10-31-23(15-8-18(28)17(27)7-14(15)11-3-4-11)30-24-20(25(31)33)13-5-6-16(26)21(32)22(13)35-24/h5-9,11,32H,2-4,10H2,1H3. The van der Waals surface area contributed by atoms with Crippen molar-refractivity contribution in [1.29, 1.82) is 0 Å². The maximum absolute atomic E-state index is 14.5. The number of phenolic OH excluding ortho intramolecular Hbond substituents is 1. The topological polar surface area (TPSA) is 68.0 Å². The first-order chi connectivity index (χ1) is 16.9. The molecular weight excluding hydrogens is 512 g/mol. The lowest BCUT2D eigenvalue weighted by Gasteiger charge is -2.15. The zero-order chi connectivity index (χ0) is 24.4. The predicted molar refractivity (Wildman–Crippen MR) is 136 cm³/mol. The van der Waals surface area contributed by atoms with Crippen LogP contribution < -0.4 is 5.56 Å². The summed E-state index contributed by atoms with van der Waals surface area (Å²) in [5.41, 5.74) is 0.732. The van der Waals surface area contributed by atoms with E-state index in [-0.39, 0.29) is 34.6 Å². The van der Waals surface area contributed by atoms with E-state index in [1.165, 1.54) is 22.0 Å². The molecule has 1 fully saturated rings. The second-order valence-electron chi connectivity index (χ2n) is 8.58. The lowest BCUT2D eigenvalue weighted by molar-refractivity contribution is 0.483. The van der Waals surface area contributed by atoms with E-state index in [1.807, 2.05) is 6.92 Å². The largest absolute Gasteiger partial charge is 0.505 e. The lowest BCUT2D eigenvalue weighted by atomic mass is 10.0. The van der Waals surface area contributed by atoms with E-state index < -0.39 is 11.6 Å². The molecule has 5 aromatic rings. The molecule has 10 heteroatoms. The monoisotopic (exact) mass is 529 g/mol. The molecule has 2 aromatic carbocycles. The van der Waals surface area contributed by atoms with E-state index in [2.05, 4.69) is 4.98 Å². The number of thiophene rings is 1. The minimum atomic E-state index is -0.989. The Hall–Kier alpha value is -2.88. The Morgan fingerprint density at radius 3 is 2.69 bits per heavy atom. The fraction of sp³-hybridized carbons (Fsp3) is 0.240. The summed E-state index contributed by atoms with van der Waals surface area (Å²) in [6.07, 6.45) is 4.24. The molecule has 35 heavy (non-hydrogen) atoms. The molecule has 3 aromatic heterocycles. The van der Waals surface area contributed by atoms with E-state index in [4.69, 9.17) is 16.6 Å². The molecule has 0 atom stereocenters. The molecule has 0 radical (unpaired) electrons. The lowest BCUT2D eigenvalue weighted by Crippen LogP contribution is -2.24. The first kappa shape index (κ1) is 22.6. The number of aromatic hydroxyl groups is 1. The number of phenols is 1. The second-order valence-corrected chi connectivity index (χ2v) is 11.2. The fourth-order valence-corrected chi connectivity index (χ4v) is 6.54. The summed E-state index contributed by atoms with van der Waals surface area (Å²) < 4.78 is 30.6. The van der Waals surface area contributed by atoms with Gasteiger partial charge in [0.25, 0.3) is 5.56 Å². The van der Waals surface area contributed by atoms with Gasteiger partial charge in [0.05, 0.1) is 26.7 Å². The second kappa shape index (κ2) is 8.36. The Balaban J connectivity index is 1.68. The molecule has 178 valence electrons. The van der Waals surface area contributed by atoms with Gasteiger partial charge in [0.2, 0.25) is 0 Å². The molecule has 0 aliphatic heterocycles. The van der Waals surface area contributed by atoms with Crippen molar-refractivity contribution in [3.8, 4) is 17.1 Å². The summed E-state index contributed by atoms with van der Waals surface area (Å²) in [5.74, 6) is -1.64. The van der Waals surface area contributed by atoms with Gasteiger partial charge < -0.3 is 5.11 Å². The van der Waals surface area contributed by atoms with Crippen molar-refractivity contribution in [1.82, 2.24) is 14.5 Å². The van der Waals surface area contributed by atoms with Crippen LogP contribution in [0.5, 0.6) is 5.75 Å². The van der Waals surface area contributed by atoms with Crippen molar-refractivity contribution in [2.75, 3.05) is 0 Å². The van der Waals surface area contributed by atoms with E-state index in [0.29, 0.717) is 31.4 Å². The van der Waals surface area contributed by atoms with Crippen LogP contribution in [0.25, 0.3) is 31.7 Å². The molecule has 1 saturated carbocycles. The van der Waals surface area contributed by atoms with Gasteiger partial charge in [-0.1, -0.05) is 24.6 Å². The van der Waals surface area contributed by atoms with E-state index in [9.17, 15) is 18.7 Å². The quantitative estimate of drug-likeness (QED) is 0.270. The van der Waals surface area contributed by atoms with E-state index >= 15 is 0 Å². The highest BCUT2D eigenvalue weighted by Crippen LogP contribution is 2.46. The number of hydrogen-bond acceptors (Lipinski definition) is 6. The number of aromatic nitrogens is 3. The Morgan fingerprint density at radius 1 is 1.20 bits per heavy atom. The van der Waals surface area contributed by atoms with Crippen molar-refractivity contribution in [3.63, 3.8) is 0 Å². The molecule has 0 spiro atoms. The van der Waals surface area contributed by atoms with Crippen molar-refractivity contribution in [3.05, 3.63) is 72.9 Å². The molecule has 0 unspecified atom stereocenters. The number of benzene rings is 2. The summed E-state index contributed by atoms with van der Waals surface area (Å²) in [6.45, 7) is 2.20. The fourth-order valence-electron chi connectivity index (χ4n) is 4.36. The van der Waals surface area contributed by atoms with Crippen LogP contribution in [0.4, 0.5) is 8.78 Å². The average Bonchev–Trinajstić information content (AvgIpc) is 3.46. The van der Waals surface area contributed by atoms with Gasteiger partial charge in [-0.2, -0.15) is 0 Å². The molecule has 0 saturated heterocycles. The van der Waals surface area contributed by atoms with Crippen LogP contribution in [0.15, 0.2) is 35.3 Å². The number of halogens is 3. The SMILES string of the molecule is CCc1ncc(Cn2c(-c3cc(F)c(F)cc3C3CC3)nc3sc4c(O)c(Cl)ccc4c3c2=O)s1. The highest BCUT2D eigenvalue weighted by molar-refractivity contribution is 7.25. The summed E-state index contributed by atoms with van der Waals surface area (Å²) in [6, 6.07) is 5.60. The van der Waals surface area contributed by atoms with Crippen molar-refractivity contribution < 1.29 is 13.9 Å². The van der Waals surface area contributed by atoms with Crippen LogP contribution in [-0.2, 0) is 13.0 Å². The predicted octanol–water partition coefficient (Wildman–Crippen LogP) is 6.86. The molecule has 1 N–H and O–H groups in total. The molecule has 3 heterocycles. The molecular formula is C25H18ClF2N3O2S2. The molecule has 5 nitrogen and oxygen atoms in total.